The zero-order valence-corrected chi connectivity index (χ0v) is 13.0. The number of pyridine rings is 1. The van der Waals surface area contributed by atoms with Gasteiger partial charge in [0, 0.05) is 5.52 Å². The van der Waals surface area contributed by atoms with Crippen molar-refractivity contribution in [2.24, 2.45) is 0 Å². The topological polar surface area (TPSA) is 92.2 Å². The highest BCUT2D eigenvalue weighted by molar-refractivity contribution is 5.82. The molecule has 0 atom stereocenters. The molecule has 7 heteroatoms. The molecule has 7 nitrogen and oxygen atoms in total. The lowest BCUT2D eigenvalue weighted by molar-refractivity contribution is 0.804. The number of nitrogens with zero attached hydrogens (tertiary/aromatic N) is 4. The Kier molecular flexibility index (Phi) is 2.81. The summed E-state index contributed by atoms with van der Waals surface area (Å²) in [6, 6.07) is 15.2. The number of nitrogens with one attached hydrogen (secondary N) is 2. The Morgan fingerprint density at radius 3 is 2.88 bits per heavy atom. The predicted molar refractivity (Wildman–Crippen MR) is 94.6 cm³/mol. The highest BCUT2D eigenvalue weighted by Gasteiger charge is 2.11. The van der Waals surface area contributed by atoms with E-state index >= 15 is 0 Å². The van der Waals surface area contributed by atoms with Crippen LogP contribution in [0.4, 0.5) is 0 Å². The number of imidazole rings is 1. The van der Waals surface area contributed by atoms with Crippen molar-refractivity contribution >= 4 is 21.9 Å². The molecule has 3 heterocycles. The Labute approximate surface area is 141 Å². The molecule has 120 valence electrons. The molecule has 0 bridgehead atoms. The largest absolute Gasteiger partial charge is 0.345 e. The SMILES string of the molecule is O=c1[nH]c2ccccc2cc1-c1cn(-c2ccc3nc[nH]c3c2)nn1. The van der Waals surface area contributed by atoms with Gasteiger partial charge in [-0.3, -0.25) is 4.79 Å². The lowest BCUT2D eigenvalue weighted by Gasteiger charge is -2.00. The van der Waals surface area contributed by atoms with Crippen LogP contribution in [-0.4, -0.2) is 29.9 Å². The molecule has 0 aliphatic rings. The average molecular weight is 328 g/mol. The molecule has 0 amide bonds. The molecule has 25 heavy (non-hydrogen) atoms. The fraction of sp³-hybridized carbons (Fsp3) is 0. The Hall–Kier alpha value is -3.74. The fourth-order valence-corrected chi connectivity index (χ4v) is 2.92. The number of aromatic amines is 2. The van der Waals surface area contributed by atoms with Crippen LogP contribution in [0.1, 0.15) is 0 Å². The molecule has 0 saturated carbocycles. The van der Waals surface area contributed by atoms with Gasteiger partial charge in [0.1, 0.15) is 5.69 Å². The van der Waals surface area contributed by atoms with E-state index in [0.717, 1.165) is 27.6 Å². The third-order valence-electron chi connectivity index (χ3n) is 4.19. The van der Waals surface area contributed by atoms with E-state index in [1.165, 1.54) is 0 Å². The molecular weight excluding hydrogens is 316 g/mol. The Morgan fingerprint density at radius 1 is 1.00 bits per heavy atom. The van der Waals surface area contributed by atoms with Gasteiger partial charge >= 0.3 is 0 Å². The van der Waals surface area contributed by atoms with E-state index in [1.54, 1.807) is 17.2 Å². The summed E-state index contributed by atoms with van der Waals surface area (Å²) in [5.74, 6) is 0. The maximum Gasteiger partial charge on any atom is 0.258 e. The lowest BCUT2D eigenvalue weighted by atomic mass is 10.1. The number of hydrogen-bond acceptors (Lipinski definition) is 4. The summed E-state index contributed by atoms with van der Waals surface area (Å²) < 4.78 is 1.64. The summed E-state index contributed by atoms with van der Waals surface area (Å²) in [6.45, 7) is 0. The zero-order valence-electron chi connectivity index (χ0n) is 13.0. The smallest absolute Gasteiger partial charge is 0.258 e. The van der Waals surface area contributed by atoms with Crippen molar-refractivity contribution in [3.8, 4) is 16.9 Å². The van der Waals surface area contributed by atoms with Crippen LogP contribution in [0.3, 0.4) is 0 Å². The minimum atomic E-state index is -0.185. The van der Waals surface area contributed by atoms with Crippen molar-refractivity contribution < 1.29 is 0 Å². The van der Waals surface area contributed by atoms with Crippen LogP contribution in [0.2, 0.25) is 0 Å². The minimum absolute atomic E-state index is 0.185. The first-order chi connectivity index (χ1) is 12.3. The first-order valence-electron chi connectivity index (χ1n) is 7.76. The predicted octanol–water partition coefficient (Wildman–Crippen LogP) is 2.65. The van der Waals surface area contributed by atoms with E-state index in [9.17, 15) is 4.79 Å². The summed E-state index contributed by atoms with van der Waals surface area (Å²) in [5, 5.41) is 9.27. The number of hydrogen-bond donors (Lipinski definition) is 2. The second-order valence-corrected chi connectivity index (χ2v) is 5.75. The van der Waals surface area contributed by atoms with Gasteiger partial charge in [-0.2, -0.15) is 0 Å². The average Bonchev–Trinajstić information content (AvgIpc) is 3.29. The van der Waals surface area contributed by atoms with Gasteiger partial charge in [0.25, 0.3) is 5.56 Å². The first kappa shape index (κ1) is 13.7. The lowest BCUT2D eigenvalue weighted by Crippen LogP contribution is -2.08. The van der Waals surface area contributed by atoms with Crippen molar-refractivity contribution in [1.82, 2.24) is 29.9 Å². The van der Waals surface area contributed by atoms with Gasteiger partial charge in [0.05, 0.1) is 34.8 Å². The Bertz CT molecular complexity index is 1280. The minimum Gasteiger partial charge on any atom is -0.345 e. The van der Waals surface area contributed by atoms with Crippen molar-refractivity contribution in [2.75, 3.05) is 0 Å². The Balaban J connectivity index is 1.62. The van der Waals surface area contributed by atoms with Crippen LogP contribution in [0.5, 0.6) is 0 Å². The fourth-order valence-electron chi connectivity index (χ4n) is 2.92. The highest BCUT2D eigenvalue weighted by atomic mass is 16.1. The standard InChI is InChI=1S/C18H12N6O/c25-18-13(7-11-3-1-2-4-14(11)21-18)17-9-24(23-22-17)12-5-6-15-16(8-12)20-10-19-15/h1-10H,(H,19,20)(H,21,25). The molecule has 2 N–H and O–H groups in total. The molecule has 2 aromatic carbocycles. The molecule has 0 aliphatic heterocycles. The molecule has 0 saturated heterocycles. The van der Waals surface area contributed by atoms with Crippen molar-refractivity contribution in [1.29, 1.82) is 0 Å². The maximum atomic E-state index is 12.4. The van der Waals surface area contributed by atoms with Gasteiger partial charge < -0.3 is 9.97 Å². The molecular formula is C18H12N6O. The van der Waals surface area contributed by atoms with E-state index < -0.39 is 0 Å². The molecule has 5 rings (SSSR count). The number of rotatable bonds is 2. The summed E-state index contributed by atoms with van der Waals surface area (Å²) in [4.78, 5) is 22.5. The summed E-state index contributed by atoms with van der Waals surface area (Å²) >= 11 is 0. The van der Waals surface area contributed by atoms with Crippen molar-refractivity contribution in [3.63, 3.8) is 0 Å². The molecule has 5 aromatic rings. The van der Waals surface area contributed by atoms with E-state index in [-0.39, 0.29) is 5.56 Å². The van der Waals surface area contributed by atoms with Gasteiger partial charge in [-0.15, -0.1) is 5.10 Å². The number of benzene rings is 2. The molecule has 3 aromatic heterocycles. The Morgan fingerprint density at radius 2 is 1.92 bits per heavy atom. The van der Waals surface area contributed by atoms with E-state index in [4.69, 9.17) is 0 Å². The van der Waals surface area contributed by atoms with E-state index in [2.05, 4.69) is 25.3 Å². The molecule has 0 radical (unpaired) electrons. The van der Waals surface area contributed by atoms with Gasteiger partial charge in [0.15, 0.2) is 0 Å². The van der Waals surface area contributed by atoms with Crippen molar-refractivity contribution in [3.05, 3.63) is 71.4 Å². The van der Waals surface area contributed by atoms with E-state index in [0.29, 0.717) is 11.3 Å². The summed E-state index contributed by atoms with van der Waals surface area (Å²) in [7, 11) is 0. The monoisotopic (exact) mass is 328 g/mol. The normalized spacial score (nSPS) is 11.4. The second-order valence-electron chi connectivity index (χ2n) is 5.75. The van der Waals surface area contributed by atoms with E-state index in [1.807, 2.05) is 48.5 Å². The van der Waals surface area contributed by atoms with Crippen LogP contribution in [0.15, 0.2) is 65.8 Å². The summed E-state index contributed by atoms with van der Waals surface area (Å²) in [5.41, 5.74) is 4.27. The zero-order chi connectivity index (χ0) is 16.8. The quantitative estimate of drug-likeness (QED) is 0.521. The first-order valence-corrected chi connectivity index (χ1v) is 7.76. The third kappa shape index (κ3) is 2.21. The van der Waals surface area contributed by atoms with Gasteiger partial charge in [0.2, 0.25) is 0 Å². The van der Waals surface area contributed by atoms with Crippen LogP contribution < -0.4 is 5.56 Å². The number of fused-ring (bicyclic) bond motifs is 2. The highest BCUT2D eigenvalue weighted by Crippen LogP contribution is 2.20. The van der Waals surface area contributed by atoms with Crippen LogP contribution in [-0.2, 0) is 0 Å². The maximum absolute atomic E-state index is 12.4. The molecule has 0 aliphatic carbocycles. The van der Waals surface area contributed by atoms with Gasteiger partial charge in [-0.25, -0.2) is 9.67 Å². The number of para-hydroxylation sites is 1. The van der Waals surface area contributed by atoms with Crippen LogP contribution in [0.25, 0.3) is 38.9 Å². The molecule has 0 fully saturated rings. The second kappa shape index (κ2) is 5.13. The third-order valence-corrected chi connectivity index (χ3v) is 4.19. The molecule has 0 unspecified atom stereocenters. The van der Waals surface area contributed by atoms with Crippen LogP contribution in [0, 0.1) is 0 Å². The van der Waals surface area contributed by atoms with Gasteiger partial charge in [-0.05, 0) is 35.7 Å². The van der Waals surface area contributed by atoms with Crippen molar-refractivity contribution in [2.45, 2.75) is 0 Å². The number of H-pyrrole nitrogens is 2. The number of aromatic nitrogens is 6. The van der Waals surface area contributed by atoms with Gasteiger partial charge in [-0.1, -0.05) is 23.4 Å². The molecule has 0 spiro atoms. The summed E-state index contributed by atoms with van der Waals surface area (Å²) in [6.07, 6.45) is 3.40. The van der Waals surface area contributed by atoms with Crippen LogP contribution >= 0.6 is 0 Å².